The molecule has 0 fully saturated rings. The van der Waals surface area contributed by atoms with Crippen LogP contribution in [-0.2, 0) is 21.2 Å². The maximum atomic E-state index is 13.0. The first-order valence-electron chi connectivity index (χ1n) is 12.2. The fourth-order valence-corrected chi connectivity index (χ4v) is 5.01. The molecule has 11 nitrogen and oxygen atoms in total. The van der Waals surface area contributed by atoms with E-state index in [2.05, 4.69) is 25.1 Å². The van der Waals surface area contributed by atoms with E-state index in [1.54, 1.807) is 70.1 Å². The average Bonchev–Trinajstić information content (AvgIpc) is 3.43. The molecule has 0 radical (unpaired) electrons. The summed E-state index contributed by atoms with van der Waals surface area (Å²) in [6.45, 7) is 0. The maximum absolute atomic E-state index is 13.0. The number of carbonyl (C=O) groups excluding carboxylic acids is 2. The van der Waals surface area contributed by atoms with E-state index in [0.29, 0.717) is 17.2 Å². The van der Waals surface area contributed by atoms with Crippen LogP contribution in [0.3, 0.4) is 0 Å². The number of alkyl halides is 3. The number of hydrogen-bond acceptors (Lipinski definition) is 7. The van der Waals surface area contributed by atoms with Crippen molar-refractivity contribution in [2.75, 3.05) is 12.4 Å². The fraction of sp³-hybridized carbons (Fsp3) is 0.148. The first-order chi connectivity index (χ1) is 19.9. The van der Waals surface area contributed by atoms with Gasteiger partial charge in [0.25, 0.3) is 10.0 Å². The molecule has 3 amide bonds. The number of amides is 3. The van der Waals surface area contributed by atoms with Crippen LogP contribution < -0.4 is 20.1 Å². The molecule has 1 heterocycles. The van der Waals surface area contributed by atoms with E-state index in [1.807, 2.05) is 0 Å². The fourth-order valence-electron chi connectivity index (χ4n) is 3.97. The second-order valence-corrected chi connectivity index (χ2v) is 10.3. The molecule has 1 aromatic heterocycles. The molecule has 3 N–H and O–H groups in total. The second kappa shape index (κ2) is 12.6. The van der Waals surface area contributed by atoms with Crippen LogP contribution in [0.1, 0.15) is 17.4 Å². The minimum absolute atomic E-state index is 0.182. The van der Waals surface area contributed by atoms with Gasteiger partial charge in [0.2, 0.25) is 0 Å². The molecular formula is C27H24F3N5O6S. The molecule has 0 saturated heterocycles. The highest BCUT2D eigenvalue weighted by Gasteiger charge is 2.34. The Labute approximate surface area is 238 Å². The van der Waals surface area contributed by atoms with Gasteiger partial charge in [-0.1, -0.05) is 42.5 Å². The number of ether oxygens (including phenoxy) is 2. The maximum Gasteiger partial charge on any atom is 0.573 e. The van der Waals surface area contributed by atoms with Crippen LogP contribution in [0.5, 0.6) is 5.75 Å². The third-order valence-corrected chi connectivity index (χ3v) is 7.11. The molecule has 1 atom stereocenters. The van der Waals surface area contributed by atoms with Gasteiger partial charge in [0.1, 0.15) is 16.5 Å². The smallest absolute Gasteiger partial charge is 0.453 e. The van der Waals surface area contributed by atoms with Crippen molar-refractivity contribution in [2.24, 2.45) is 0 Å². The van der Waals surface area contributed by atoms with E-state index in [9.17, 15) is 31.2 Å². The zero-order chi connectivity index (χ0) is 30.3. The summed E-state index contributed by atoms with van der Waals surface area (Å²) in [5, 5.41) is 5.10. The molecule has 42 heavy (non-hydrogen) atoms. The SMILES string of the molecule is COC(=O)Nc1ccc(-n2ccnc2[C@H](Cc2ccccc2)NC(=O)NS(=O)(=O)c2ccccc2OC(F)(F)F)cc1. The number of nitrogens with zero attached hydrogens (tertiary/aromatic N) is 2. The number of para-hydroxylation sites is 1. The number of benzene rings is 3. The Kier molecular flexibility index (Phi) is 9.00. The van der Waals surface area contributed by atoms with Gasteiger partial charge in [0.15, 0.2) is 0 Å². The number of methoxy groups -OCH3 is 1. The normalized spacial score (nSPS) is 12.2. The molecule has 4 rings (SSSR count). The van der Waals surface area contributed by atoms with Crippen LogP contribution in [0.15, 0.2) is 96.2 Å². The van der Waals surface area contributed by atoms with Crippen LogP contribution in [0.25, 0.3) is 5.69 Å². The van der Waals surface area contributed by atoms with Gasteiger partial charge < -0.3 is 19.4 Å². The third-order valence-electron chi connectivity index (χ3n) is 5.74. The number of sulfonamides is 1. The van der Waals surface area contributed by atoms with Crippen molar-refractivity contribution < 1.29 is 40.7 Å². The van der Waals surface area contributed by atoms with Gasteiger partial charge in [-0.05, 0) is 48.4 Å². The van der Waals surface area contributed by atoms with E-state index in [0.717, 1.165) is 23.8 Å². The van der Waals surface area contributed by atoms with Gasteiger partial charge in [0, 0.05) is 23.8 Å². The lowest BCUT2D eigenvalue weighted by Crippen LogP contribution is -2.42. The number of anilines is 1. The highest BCUT2D eigenvalue weighted by atomic mass is 32.2. The number of halogens is 3. The molecule has 0 bridgehead atoms. The number of carbonyl (C=O) groups is 2. The van der Waals surface area contributed by atoms with Gasteiger partial charge in [-0.15, -0.1) is 13.2 Å². The monoisotopic (exact) mass is 603 g/mol. The largest absolute Gasteiger partial charge is 0.573 e. The van der Waals surface area contributed by atoms with Gasteiger partial charge in [-0.2, -0.15) is 0 Å². The molecule has 0 saturated carbocycles. The molecule has 0 aliphatic heterocycles. The minimum Gasteiger partial charge on any atom is -0.453 e. The highest BCUT2D eigenvalue weighted by molar-refractivity contribution is 7.90. The van der Waals surface area contributed by atoms with Crippen LogP contribution >= 0.6 is 0 Å². The molecule has 4 aromatic rings. The number of hydrogen-bond donors (Lipinski definition) is 3. The summed E-state index contributed by atoms with van der Waals surface area (Å²) in [4.78, 5) is 28.0. The lowest BCUT2D eigenvalue weighted by Gasteiger charge is -2.21. The van der Waals surface area contributed by atoms with Gasteiger partial charge in [-0.3, -0.25) is 5.32 Å². The number of rotatable bonds is 9. The molecule has 0 aliphatic rings. The molecule has 220 valence electrons. The Morgan fingerprint density at radius 3 is 2.31 bits per heavy atom. The van der Waals surface area contributed by atoms with E-state index >= 15 is 0 Å². The van der Waals surface area contributed by atoms with Gasteiger partial charge >= 0.3 is 18.5 Å². The Morgan fingerprint density at radius 1 is 0.976 bits per heavy atom. The highest BCUT2D eigenvalue weighted by Crippen LogP contribution is 2.29. The van der Waals surface area contributed by atoms with E-state index in [-0.39, 0.29) is 6.42 Å². The molecule has 0 spiro atoms. The third kappa shape index (κ3) is 7.78. The van der Waals surface area contributed by atoms with Crippen LogP contribution in [-0.4, -0.2) is 43.6 Å². The van der Waals surface area contributed by atoms with Crippen molar-refractivity contribution in [3.8, 4) is 11.4 Å². The summed E-state index contributed by atoms with van der Waals surface area (Å²) < 4.78 is 76.1. The number of nitrogens with one attached hydrogen (secondary N) is 3. The summed E-state index contributed by atoms with van der Waals surface area (Å²) in [5.41, 5.74) is 1.84. The molecule has 0 aliphatic carbocycles. The lowest BCUT2D eigenvalue weighted by atomic mass is 10.1. The van der Waals surface area contributed by atoms with Crippen molar-refractivity contribution in [3.05, 3.63) is 103 Å². The zero-order valence-corrected chi connectivity index (χ0v) is 22.6. The van der Waals surface area contributed by atoms with E-state index in [1.165, 1.54) is 19.4 Å². The van der Waals surface area contributed by atoms with E-state index < -0.39 is 45.2 Å². The summed E-state index contributed by atoms with van der Waals surface area (Å²) in [7, 11) is -3.55. The summed E-state index contributed by atoms with van der Waals surface area (Å²) >= 11 is 0. The summed E-state index contributed by atoms with van der Waals surface area (Å²) in [5.74, 6) is -0.673. The van der Waals surface area contributed by atoms with Crippen molar-refractivity contribution in [2.45, 2.75) is 23.7 Å². The minimum atomic E-state index is -5.15. The van der Waals surface area contributed by atoms with Gasteiger partial charge in [-0.25, -0.2) is 27.7 Å². The Bertz CT molecular complexity index is 1640. The van der Waals surface area contributed by atoms with Crippen LogP contribution in [0.2, 0.25) is 0 Å². The number of aromatic nitrogens is 2. The molecule has 0 unspecified atom stereocenters. The Balaban J connectivity index is 1.60. The van der Waals surface area contributed by atoms with Crippen LogP contribution in [0, 0.1) is 0 Å². The van der Waals surface area contributed by atoms with Crippen molar-refractivity contribution >= 4 is 27.8 Å². The van der Waals surface area contributed by atoms with Crippen molar-refractivity contribution in [3.63, 3.8) is 0 Å². The first kappa shape index (κ1) is 29.9. The quantitative estimate of drug-likeness (QED) is 0.247. The predicted octanol–water partition coefficient (Wildman–Crippen LogP) is 4.92. The van der Waals surface area contributed by atoms with Gasteiger partial charge in [0.05, 0.1) is 13.2 Å². The first-order valence-corrected chi connectivity index (χ1v) is 13.6. The van der Waals surface area contributed by atoms with Crippen molar-refractivity contribution in [1.82, 2.24) is 19.6 Å². The average molecular weight is 604 g/mol. The topological polar surface area (TPSA) is 141 Å². The molecule has 3 aromatic carbocycles. The second-order valence-electron chi connectivity index (χ2n) is 8.63. The molecule has 15 heteroatoms. The van der Waals surface area contributed by atoms with E-state index in [4.69, 9.17) is 0 Å². The Morgan fingerprint density at radius 2 is 1.64 bits per heavy atom. The number of imidazole rings is 1. The summed E-state index contributed by atoms with van der Waals surface area (Å²) in [6, 6.07) is 17.5. The van der Waals surface area contributed by atoms with Crippen LogP contribution in [0.4, 0.5) is 28.4 Å². The van der Waals surface area contributed by atoms with Crippen molar-refractivity contribution in [1.29, 1.82) is 0 Å². The lowest BCUT2D eigenvalue weighted by molar-refractivity contribution is -0.275. The number of urea groups is 1. The molecular weight excluding hydrogens is 579 g/mol. The standard InChI is InChI=1S/C27H24F3N5O6S/c1-40-26(37)32-19-11-13-20(14-12-19)35-16-15-31-24(35)21(17-18-7-3-2-4-8-18)33-25(36)34-42(38,39)23-10-6-5-9-22(23)41-27(28,29)30/h2-16,21H,17H2,1H3,(H,32,37)(H2,33,34,36)/t21-/m0/s1. The summed E-state index contributed by atoms with van der Waals surface area (Å²) in [6.07, 6.45) is -2.52. The predicted molar refractivity (Wildman–Crippen MR) is 144 cm³/mol. The Hall–Kier alpha value is -5.05. The zero-order valence-electron chi connectivity index (χ0n) is 21.8.